The molecule has 0 aromatic carbocycles. The van der Waals surface area contributed by atoms with E-state index in [4.69, 9.17) is 40.1 Å². The first-order valence-electron chi connectivity index (χ1n) is 2.32. The van der Waals surface area contributed by atoms with Crippen LogP contribution in [0.1, 0.15) is 0 Å². The van der Waals surface area contributed by atoms with E-state index < -0.39 is 78.8 Å². The molecular weight excluding hydrogens is 997 g/mol. The first-order chi connectivity index (χ1) is 6.93. The molecule has 0 aromatic heterocycles. The molecule has 0 N–H and O–H groups in total. The van der Waals surface area contributed by atoms with E-state index in [1.54, 1.807) is 0 Å². The molecule has 100 valence electrons. The molecule has 0 aromatic rings. The summed E-state index contributed by atoms with van der Waals surface area (Å²) in [5, 5.41) is 0. The van der Waals surface area contributed by atoms with Crippen molar-refractivity contribution in [3.63, 3.8) is 0 Å². The molecule has 0 saturated heterocycles. The van der Waals surface area contributed by atoms with Crippen LogP contribution < -0.4 is 21.0 Å². The molecule has 0 unspecified atom stereocenters. The molecule has 0 heterocycles. The second-order valence-electron chi connectivity index (χ2n) is 0.947. The molecule has 0 fully saturated rings. The van der Waals surface area contributed by atoms with Gasteiger partial charge in [-0.2, -0.15) is 0 Å². The molecule has 0 aliphatic carbocycles. The Kier molecular flexibility index (Phi) is 87.0. The summed E-state index contributed by atoms with van der Waals surface area (Å²) in [4.78, 5) is 0. The van der Waals surface area contributed by atoms with Crippen LogP contribution in [0.15, 0.2) is 0 Å². The van der Waals surface area contributed by atoms with Crippen LogP contribution in [-0.2, 0) is 117 Å². The molecular formula is Nb2O12Pb2TiZnZr. The normalized spacial score (nSPS) is 5.37. The number of hydrogen-bond acceptors (Lipinski definition) is 12. The molecule has 0 spiro atoms. The van der Waals surface area contributed by atoms with Gasteiger partial charge in [-0.3, -0.25) is 0 Å². The van der Waals surface area contributed by atoms with Gasteiger partial charge in [0.2, 0.25) is 0 Å². The summed E-state index contributed by atoms with van der Waals surface area (Å²) < 4.78 is 103. The zero-order valence-corrected chi connectivity index (χ0v) is 27.7. The fourth-order valence-electron chi connectivity index (χ4n) is 0. The summed E-state index contributed by atoms with van der Waals surface area (Å²) in [5.41, 5.74) is 0. The Labute approximate surface area is 189 Å². The maximum atomic E-state index is 8.61. The van der Waals surface area contributed by atoms with Crippen molar-refractivity contribution < 1.29 is 138 Å². The van der Waals surface area contributed by atoms with Crippen LogP contribution >= 0.6 is 0 Å². The zero-order valence-electron chi connectivity index (χ0n) is 8.50. The Morgan fingerprint density at radius 3 is 0.842 bits per heavy atom. The van der Waals surface area contributed by atoms with Crippen LogP contribution in [0.3, 0.4) is 0 Å². The van der Waals surface area contributed by atoms with Crippen molar-refractivity contribution in [1.29, 1.82) is 0 Å². The van der Waals surface area contributed by atoms with Gasteiger partial charge in [0, 0.05) is 0 Å². The van der Waals surface area contributed by atoms with E-state index in [-0.39, 0.29) is 74.1 Å². The van der Waals surface area contributed by atoms with Gasteiger partial charge in [0.25, 0.3) is 0 Å². The fourth-order valence-corrected chi connectivity index (χ4v) is 0. The topological polar surface area (TPSA) is 241 Å². The second kappa shape index (κ2) is 38.0. The summed E-state index contributed by atoms with van der Waals surface area (Å²) in [5.74, 6) is 0. The smallest absolute Gasteiger partial charge is 2.00 e. The molecule has 4 radical (unpaired) electrons. The minimum absolute atomic E-state index is 0. The Balaban J connectivity index is -0.0000000192. The van der Waals surface area contributed by atoms with E-state index in [0.717, 1.165) is 0 Å². The van der Waals surface area contributed by atoms with Crippen LogP contribution in [0.5, 0.6) is 0 Å². The van der Waals surface area contributed by atoms with E-state index in [1.165, 1.54) is 0 Å². The molecule has 0 atom stereocenters. The summed E-state index contributed by atoms with van der Waals surface area (Å²) in [6.45, 7) is 0. The van der Waals surface area contributed by atoms with Gasteiger partial charge in [-0.05, 0) is 0 Å². The van der Waals surface area contributed by atoms with E-state index in [9.17, 15) is 0 Å². The summed E-state index contributed by atoms with van der Waals surface area (Å²) >= 11 is -16.8. The predicted octanol–water partition coefficient (Wildman–Crippen LogP) is -8.62. The molecule has 0 rings (SSSR count). The van der Waals surface area contributed by atoms with Gasteiger partial charge in [-0.1, -0.05) is 0 Å². The van der Waals surface area contributed by atoms with Crippen molar-refractivity contribution in [2.24, 2.45) is 0 Å². The maximum absolute atomic E-state index is 8.61. The molecule has 0 aliphatic rings. The Morgan fingerprint density at radius 2 is 0.842 bits per heavy atom. The van der Waals surface area contributed by atoms with Crippen LogP contribution in [0, 0.1) is 0 Å². The van der Waals surface area contributed by atoms with E-state index in [1.807, 2.05) is 0 Å². The van der Waals surface area contributed by atoms with Crippen LogP contribution in [0.25, 0.3) is 0 Å². The summed E-state index contributed by atoms with van der Waals surface area (Å²) in [6, 6.07) is 0. The maximum Gasteiger partial charge on any atom is 2.00 e. The Morgan fingerprint density at radius 1 is 0.842 bits per heavy atom. The van der Waals surface area contributed by atoms with Crippen LogP contribution in [-0.4, -0.2) is 54.6 Å². The van der Waals surface area contributed by atoms with Gasteiger partial charge in [-0.25, -0.2) is 0 Å². The monoisotopic (exact) mass is 995 g/mol. The molecule has 0 amide bonds. The van der Waals surface area contributed by atoms with Crippen molar-refractivity contribution in [3.8, 4) is 0 Å². The average Bonchev–Trinajstić information content (AvgIpc) is 1.76. The third kappa shape index (κ3) is 530. The van der Waals surface area contributed by atoms with Gasteiger partial charge < -0.3 is 0 Å². The van der Waals surface area contributed by atoms with Crippen molar-refractivity contribution in [1.82, 2.24) is 0 Å². The molecule has 19 heavy (non-hydrogen) atoms. The Bertz CT molecular complexity index is 270. The number of rotatable bonds is 0. The molecule has 19 heteroatoms. The number of hydrogen-bond donors (Lipinski definition) is 0. The summed E-state index contributed by atoms with van der Waals surface area (Å²) in [7, 11) is 0. The molecule has 0 saturated carbocycles. The fraction of sp³-hybridized carbons (Fsp3) is 0. The minimum atomic E-state index is -4.29. The van der Waals surface area contributed by atoms with Crippen molar-refractivity contribution in [3.05, 3.63) is 0 Å². The Hall–Kier alpha value is 4.11. The molecule has 0 bridgehead atoms. The SMILES string of the molecule is [O]=[Nb](=[O])[O-].[O]=[Nb](=[O])[O-].[O]=[Ti]([O-])[O-].[O]=[Zr]([O-])[O-].[Pb+2].[Pb+2].[Zn+2]. The standard InChI is InChI=1S/2Nb.12O.2Pb.Ti.Zn.Zr/q;;;;;;;;6*-1;2*+2;;+2;. The van der Waals surface area contributed by atoms with Crippen molar-refractivity contribution in [2.75, 3.05) is 0 Å². The van der Waals surface area contributed by atoms with E-state index >= 15 is 0 Å². The first kappa shape index (κ1) is 43.5. The van der Waals surface area contributed by atoms with Crippen molar-refractivity contribution >= 4 is 54.6 Å². The van der Waals surface area contributed by atoms with E-state index in [2.05, 4.69) is 0 Å². The quantitative estimate of drug-likeness (QED) is 0.206. The minimum Gasteiger partial charge on any atom is 2.00 e. The van der Waals surface area contributed by atoms with Gasteiger partial charge in [-0.15, -0.1) is 0 Å². The first-order valence-corrected chi connectivity index (χ1v) is 12.6. The molecule has 0 aliphatic heterocycles. The third-order valence-electron chi connectivity index (χ3n) is 0. The predicted molar refractivity (Wildman–Crippen MR) is 15.6 cm³/mol. The van der Waals surface area contributed by atoms with Crippen LogP contribution in [0.4, 0.5) is 0 Å². The van der Waals surface area contributed by atoms with Gasteiger partial charge >= 0.3 is 193 Å². The largest absolute Gasteiger partial charge is 2.00 e. The van der Waals surface area contributed by atoms with Gasteiger partial charge in [0.1, 0.15) is 0 Å². The van der Waals surface area contributed by atoms with E-state index in [0.29, 0.717) is 0 Å². The summed E-state index contributed by atoms with van der Waals surface area (Å²) in [6.07, 6.45) is 0. The van der Waals surface area contributed by atoms with Gasteiger partial charge in [0.05, 0.1) is 0 Å². The second-order valence-corrected chi connectivity index (χ2v) is 5.16. The molecule has 12 nitrogen and oxygen atoms in total. The third-order valence-corrected chi connectivity index (χ3v) is 0. The van der Waals surface area contributed by atoms with Crippen molar-refractivity contribution in [2.45, 2.75) is 0 Å². The average molecular weight is 997 g/mol. The zero-order chi connectivity index (χ0) is 14.3. The van der Waals surface area contributed by atoms with Crippen LogP contribution in [0.2, 0.25) is 0 Å². The van der Waals surface area contributed by atoms with Gasteiger partial charge in [0.15, 0.2) is 0 Å².